The number of nitrogen functional groups attached to an aromatic ring is 1. The molecule has 2 rings (SSSR count). The minimum absolute atomic E-state index is 0.0244. The molecule has 2 heterocycles. The Balaban J connectivity index is 2.34. The van der Waals surface area contributed by atoms with Crippen molar-refractivity contribution in [2.45, 2.75) is 12.5 Å². The van der Waals surface area contributed by atoms with Crippen molar-refractivity contribution < 1.29 is 9.66 Å². The van der Waals surface area contributed by atoms with Crippen molar-refractivity contribution in [1.29, 1.82) is 0 Å². The lowest BCUT2D eigenvalue weighted by Gasteiger charge is -2.23. The van der Waals surface area contributed by atoms with Crippen molar-refractivity contribution in [3.8, 4) is 0 Å². The number of nitro groups is 1. The van der Waals surface area contributed by atoms with Crippen molar-refractivity contribution in [2.24, 2.45) is 0 Å². The first kappa shape index (κ1) is 11.5. The average molecular weight is 239 g/mol. The third-order valence-corrected chi connectivity index (χ3v) is 2.75. The molecular weight excluding hydrogens is 226 g/mol. The van der Waals surface area contributed by atoms with Crippen LogP contribution in [-0.2, 0) is 4.74 Å². The molecule has 0 aromatic carbocycles. The van der Waals surface area contributed by atoms with Gasteiger partial charge < -0.3 is 15.4 Å². The molecule has 1 aromatic rings. The Morgan fingerprint density at radius 3 is 3.06 bits per heavy atom. The van der Waals surface area contributed by atoms with Crippen LogP contribution in [0.5, 0.6) is 0 Å². The Morgan fingerprint density at radius 2 is 2.47 bits per heavy atom. The normalized spacial score (nSPS) is 19.2. The fourth-order valence-corrected chi connectivity index (χ4v) is 1.77. The molecule has 0 amide bonds. The summed E-state index contributed by atoms with van der Waals surface area (Å²) in [7, 11) is 1.74. The number of nitrogens with two attached hydrogens (primary N) is 1. The van der Waals surface area contributed by atoms with Gasteiger partial charge in [0.25, 0.3) is 0 Å². The minimum Gasteiger partial charge on any atom is -0.379 e. The van der Waals surface area contributed by atoms with E-state index in [1.807, 2.05) is 0 Å². The van der Waals surface area contributed by atoms with Crippen LogP contribution in [0.2, 0.25) is 0 Å². The predicted octanol–water partition coefficient (Wildman–Crippen LogP) is 0.192. The third-order valence-electron chi connectivity index (χ3n) is 2.75. The van der Waals surface area contributed by atoms with Crippen molar-refractivity contribution in [3.63, 3.8) is 0 Å². The molecule has 1 fully saturated rings. The Morgan fingerprint density at radius 1 is 1.71 bits per heavy atom. The van der Waals surface area contributed by atoms with Gasteiger partial charge in [0.15, 0.2) is 0 Å². The van der Waals surface area contributed by atoms with Crippen LogP contribution in [0.1, 0.15) is 6.42 Å². The highest BCUT2D eigenvalue weighted by molar-refractivity contribution is 5.58. The van der Waals surface area contributed by atoms with Crippen LogP contribution < -0.4 is 10.6 Å². The lowest BCUT2D eigenvalue weighted by atomic mass is 10.2. The summed E-state index contributed by atoms with van der Waals surface area (Å²) >= 11 is 0. The Kier molecular flexibility index (Phi) is 3.05. The number of rotatable bonds is 3. The zero-order valence-electron chi connectivity index (χ0n) is 9.37. The first-order chi connectivity index (χ1) is 8.09. The molecule has 2 N–H and O–H groups in total. The van der Waals surface area contributed by atoms with E-state index < -0.39 is 4.92 Å². The molecule has 0 aliphatic carbocycles. The Labute approximate surface area is 97.6 Å². The zero-order valence-corrected chi connectivity index (χ0v) is 9.37. The quantitative estimate of drug-likeness (QED) is 0.592. The van der Waals surface area contributed by atoms with Crippen molar-refractivity contribution in [1.82, 2.24) is 9.97 Å². The van der Waals surface area contributed by atoms with E-state index >= 15 is 0 Å². The molecule has 1 atom stereocenters. The van der Waals surface area contributed by atoms with E-state index in [-0.39, 0.29) is 23.5 Å². The minimum atomic E-state index is -0.513. The van der Waals surface area contributed by atoms with E-state index in [2.05, 4.69) is 9.97 Å². The molecule has 8 heteroatoms. The van der Waals surface area contributed by atoms with Crippen LogP contribution >= 0.6 is 0 Å². The number of nitrogens with zero attached hydrogens (tertiary/aromatic N) is 4. The fourth-order valence-electron chi connectivity index (χ4n) is 1.77. The maximum absolute atomic E-state index is 10.9. The number of ether oxygens (including phenoxy) is 1. The summed E-state index contributed by atoms with van der Waals surface area (Å²) < 4.78 is 5.24. The summed E-state index contributed by atoms with van der Waals surface area (Å²) in [6.45, 7) is 1.20. The standard InChI is InChI=1S/C9H13N5O3/c1-13(6-2-3-17-5-6)8-7(14(15)16)4-11-9(10)12-8/h4,6H,2-3,5H2,1H3,(H2,10,11,12). The van der Waals surface area contributed by atoms with Crippen molar-refractivity contribution >= 4 is 17.5 Å². The second-order valence-corrected chi connectivity index (χ2v) is 3.82. The van der Waals surface area contributed by atoms with Crippen LogP contribution in [0.4, 0.5) is 17.5 Å². The number of anilines is 2. The fraction of sp³-hybridized carbons (Fsp3) is 0.556. The van der Waals surface area contributed by atoms with E-state index in [1.54, 1.807) is 11.9 Å². The largest absolute Gasteiger partial charge is 0.379 e. The molecular formula is C9H13N5O3. The van der Waals surface area contributed by atoms with Gasteiger partial charge in [-0.15, -0.1) is 0 Å². The first-order valence-electron chi connectivity index (χ1n) is 5.17. The van der Waals surface area contributed by atoms with Crippen LogP contribution in [0.25, 0.3) is 0 Å². The van der Waals surface area contributed by atoms with Crippen LogP contribution in [-0.4, -0.2) is 41.2 Å². The molecule has 0 spiro atoms. The number of hydrogen-bond donors (Lipinski definition) is 1. The van der Waals surface area contributed by atoms with E-state index in [9.17, 15) is 10.1 Å². The number of aromatic nitrogens is 2. The van der Waals surface area contributed by atoms with Crippen molar-refractivity contribution in [3.05, 3.63) is 16.3 Å². The Bertz CT molecular complexity index is 433. The monoisotopic (exact) mass is 239 g/mol. The molecule has 1 unspecified atom stereocenters. The lowest BCUT2D eigenvalue weighted by Crippen LogP contribution is -2.33. The van der Waals surface area contributed by atoms with Gasteiger partial charge >= 0.3 is 5.69 Å². The second kappa shape index (κ2) is 4.50. The molecule has 0 saturated carbocycles. The molecule has 17 heavy (non-hydrogen) atoms. The SMILES string of the molecule is CN(c1nc(N)ncc1[N+](=O)[O-])C1CCOC1. The molecule has 1 aromatic heterocycles. The van der Waals surface area contributed by atoms with Crippen LogP contribution in [0.3, 0.4) is 0 Å². The van der Waals surface area contributed by atoms with Gasteiger partial charge in [-0.2, -0.15) is 4.98 Å². The third kappa shape index (κ3) is 2.26. The topological polar surface area (TPSA) is 107 Å². The van der Waals surface area contributed by atoms with Crippen molar-refractivity contribution in [2.75, 3.05) is 30.9 Å². The molecule has 92 valence electrons. The van der Waals surface area contributed by atoms with E-state index in [1.165, 1.54) is 0 Å². The molecule has 0 radical (unpaired) electrons. The number of hydrogen-bond acceptors (Lipinski definition) is 7. The van der Waals surface area contributed by atoms with Gasteiger partial charge in [0.1, 0.15) is 6.20 Å². The molecule has 0 bridgehead atoms. The summed E-state index contributed by atoms with van der Waals surface area (Å²) in [6, 6.07) is 0.0861. The molecule has 1 aliphatic rings. The first-order valence-corrected chi connectivity index (χ1v) is 5.17. The Hall–Kier alpha value is -1.96. The summed E-state index contributed by atoms with van der Waals surface area (Å²) in [4.78, 5) is 19.7. The summed E-state index contributed by atoms with van der Waals surface area (Å²) in [5, 5.41) is 10.9. The highest BCUT2D eigenvalue weighted by Gasteiger charge is 2.27. The van der Waals surface area contributed by atoms with Crippen LogP contribution in [0.15, 0.2) is 6.20 Å². The summed E-state index contributed by atoms with van der Waals surface area (Å²) in [5.41, 5.74) is 5.32. The molecule has 1 aliphatic heterocycles. The van der Waals surface area contributed by atoms with Gasteiger partial charge in [0, 0.05) is 13.7 Å². The van der Waals surface area contributed by atoms with E-state index in [0.29, 0.717) is 13.2 Å². The van der Waals surface area contributed by atoms with Gasteiger partial charge in [-0.25, -0.2) is 4.98 Å². The van der Waals surface area contributed by atoms with E-state index in [4.69, 9.17) is 10.5 Å². The van der Waals surface area contributed by atoms with Crippen LogP contribution in [0, 0.1) is 10.1 Å². The van der Waals surface area contributed by atoms with Gasteiger partial charge in [0.05, 0.1) is 17.6 Å². The van der Waals surface area contributed by atoms with Gasteiger partial charge in [-0.05, 0) is 6.42 Å². The van der Waals surface area contributed by atoms with Gasteiger partial charge in [0.2, 0.25) is 11.8 Å². The van der Waals surface area contributed by atoms with E-state index in [0.717, 1.165) is 12.6 Å². The van der Waals surface area contributed by atoms with Gasteiger partial charge in [-0.3, -0.25) is 10.1 Å². The highest BCUT2D eigenvalue weighted by atomic mass is 16.6. The second-order valence-electron chi connectivity index (χ2n) is 3.82. The summed E-state index contributed by atoms with van der Waals surface area (Å²) in [5.74, 6) is 0.259. The average Bonchev–Trinajstić information content (AvgIpc) is 2.80. The smallest absolute Gasteiger partial charge is 0.329 e. The van der Waals surface area contributed by atoms with Gasteiger partial charge in [-0.1, -0.05) is 0 Å². The molecule has 1 saturated heterocycles. The summed E-state index contributed by atoms with van der Waals surface area (Å²) in [6.07, 6.45) is 1.95. The number of likely N-dealkylation sites (N-methyl/N-ethyl adjacent to an activating group) is 1. The predicted molar refractivity (Wildman–Crippen MR) is 60.7 cm³/mol. The maximum atomic E-state index is 10.9. The highest BCUT2D eigenvalue weighted by Crippen LogP contribution is 2.27. The molecule has 8 nitrogen and oxygen atoms in total. The zero-order chi connectivity index (χ0) is 12.4. The maximum Gasteiger partial charge on any atom is 0.329 e. The lowest BCUT2D eigenvalue weighted by molar-refractivity contribution is -0.384.